The number of piperazine rings is 1. The van der Waals surface area contributed by atoms with Gasteiger partial charge in [-0.15, -0.1) is 11.3 Å². The van der Waals surface area contributed by atoms with Gasteiger partial charge in [0, 0.05) is 74.4 Å². The van der Waals surface area contributed by atoms with Crippen LogP contribution >= 0.6 is 22.9 Å². The van der Waals surface area contributed by atoms with Gasteiger partial charge in [0.15, 0.2) is 5.13 Å². The van der Waals surface area contributed by atoms with Crippen LogP contribution < -0.4 is 20.0 Å². The predicted molar refractivity (Wildman–Crippen MR) is 150 cm³/mol. The van der Waals surface area contributed by atoms with E-state index in [1.807, 2.05) is 34.5 Å². The zero-order chi connectivity index (χ0) is 25.2. The maximum atomic E-state index is 13.0. The van der Waals surface area contributed by atoms with E-state index in [0.717, 1.165) is 68.1 Å². The molecule has 11 heteroatoms. The van der Waals surface area contributed by atoms with Gasteiger partial charge in [0.05, 0.1) is 5.69 Å². The second kappa shape index (κ2) is 10.7. The maximum Gasteiger partial charge on any atom is 0.323 e. The van der Waals surface area contributed by atoms with Gasteiger partial charge in [-0.25, -0.2) is 9.78 Å². The minimum Gasteiger partial charge on any atom is -0.356 e. The molecule has 2 amide bonds. The molecule has 1 aromatic carbocycles. The first-order valence-electron chi connectivity index (χ1n) is 13.0. The van der Waals surface area contributed by atoms with Crippen molar-refractivity contribution >= 4 is 51.7 Å². The fourth-order valence-electron chi connectivity index (χ4n) is 5.17. The molecular formula is C26H31ClN8OS. The third kappa shape index (κ3) is 5.31. The Morgan fingerprint density at radius 3 is 2.11 bits per heavy atom. The molecule has 3 aliphatic heterocycles. The molecule has 0 spiro atoms. The molecule has 0 bridgehead atoms. The van der Waals surface area contributed by atoms with Crippen molar-refractivity contribution in [1.82, 2.24) is 19.9 Å². The van der Waals surface area contributed by atoms with Gasteiger partial charge < -0.3 is 19.6 Å². The number of hydrogen-bond donors (Lipinski definition) is 1. The molecule has 0 unspecified atom stereocenters. The first-order valence-corrected chi connectivity index (χ1v) is 14.3. The van der Waals surface area contributed by atoms with Crippen LogP contribution in [-0.4, -0.2) is 78.2 Å². The highest BCUT2D eigenvalue weighted by molar-refractivity contribution is 7.14. The second-order valence-electron chi connectivity index (χ2n) is 9.69. The van der Waals surface area contributed by atoms with Crippen LogP contribution in [0, 0.1) is 0 Å². The van der Waals surface area contributed by atoms with E-state index in [0.29, 0.717) is 23.2 Å². The standard InChI is InChI=1S/C26H31ClN8OS/c27-20-8-2-1-7-19(20)21-18-37-25(28-21)31-26(36)35-15-13-33(14-16-35)23-17-22(32-9-3-4-10-32)29-24(30-23)34-11-5-6-12-34/h1-2,7-8,17-18H,3-6,9-16H2,(H,28,31,36). The van der Waals surface area contributed by atoms with E-state index in [-0.39, 0.29) is 6.03 Å². The molecule has 194 valence electrons. The lowest BCUT2D eigenvalue weighted by Gasteiger charge is -2.35. The van der Waals surface area contributed by atoms with Crippen LogP contribution in [-0.2, 0) is 0 Å². The molecular weight excluding hydrogens is 508 g/mol. The van der Waals surface area contributed by atoms with Crippen LogP contribution in [0.2, 0.25) is 5.02 Å². The van der Waals surface area contributed by atoms with Gasteiger partial charge in [-0.05, 0) is 31.7 Å². The third-order valence-corrected chi connectivity index (χ3v) is 8.35. The summed E-state index contributed by atoms with van der Waals surface area (Å²) >= 11 is 7.71. The molecule has 3 aromatic rings. The number of anilines is 4. The van der Waals surface area contributed by atoms with Crippen LogP contribution in [0.25, 0.3) is 11.3 Å². The van der Waals surface area contributed by atoms with Crippen LogP contribution in [0.3, 0.4) is 0 Å². The number of amides is 2. The summed E-state index contributed by atoms with van der Waals surface area (Å²) in [6, 6.07) is 9.60. The molecule has 5 heterocycles. The van der Waals surface area contributed by atoms with E-state index >= 15 is 0 Å². The molecule has 3 saturated heterocycles. The third-order valence-electron chi connectivity index (χ3n) is 7.26. The number of aromatic nitrogens is 3. The minimum atomic E-state index is -0.127. The normalized spacial score (nSPS) is 18.1. The van der Waals surface area contributed by atoms with Crippen molar-refractivity contribution in [1.29, 1.82) is 0 Å². The number of nitrogens with zero attached hydrogens (tertiary/aromatic N) is 7. The lowest BCUT2D eigenvalue weighted by atomic mass is 10.2. The van der Waals surface area contributed by atoms with Crippen molar-refractivity contribution in [2.45, 2.75) is 25.7 Å². The van der Waals surface area contributed by atoms with Crippen LogP contribution in [0.15, 0.2) is 35.7 Å². The highest BCUT2D eigenvalue weighted by Crippen LogP contribution is 2.31. The Hall–Kier alpha value is -3.11. The van der Waals surface area contributed by atoms with Crippen molar-refractivity contribution in [3.05, 3.63) is 40.7 Å². The SMILES string of the molecule is O=C(Nc1nc(-c2ccccc2Cl)cs1)N1CCN(c2cc(N3CCCC3)nc(N3CCCC3)n2)CC1. The Bertz CT molecular complexity index is 1210. The van der Waals surface area contributed by atoms with Crippen LogP contribution in [0.5, 0.6) is 0 Å². The molecule has 3 aliphatic rings. The lowest BCUT2D eigenvalue weighted by Crippen LogP contribution is -2.50. The molecule has 2 aromatic heterocycles. The number of rotatable bonds is 5. The number of hydrogen-bond acceptors (Lipinski definition) is 8. The molecule has 0 radical (unpaired) electrons. The van der Waals surface area contributed by atoms with Gasteiger partial charge in [-0.2, -0.15) is 9.97 Å². The van der Waals surface area contributed by atoms with E-state index in [1.165, 1.54) is 37.0 Å². The fraction of sp³-hybridized carbons (Fsp3) is 0.462. The number of carbonyl (C=O) groups is 1. The summed E-state index contributed by atoms with van der Waals surface area (Å²) in [5, 5.41) is 6.10. The molecule has 3 fully saturated rings. The van der Waals surface area contributed by atoms with Gasteiger partial charge in [0.25, 0.3) is 0 Å². The number of urea groups is 1. The molecule has 0 saturated carbocycles. The van der Waals surface area contributed by atoms with Crippen molar-refractivity contribution in [2.75, 3.05) is 72.4 Å². The monoisotopic (exact) mass is 538 g/mol. The fourth-order valence-corrected chi connectivity index (χ4v) is 6.10. The van der Waals surface area contributed by atoms with Crippen molar-refractivity contribution < 1.29 is 4.79 Å². The summed E-state index contributed by atoms with van der Waals surface area (Å²) in [6.45, 7) is 6.85. The van der Waals surface area contributed by atoms with E-state index in [1.54, 1.807) is 0 Å². The summed E-state index contributed by atoms with van der Waals surface area (Å²) < 4.78 is 0. The first-order chi connectivity index (χ1) is 18.1. The summed E-state index contributed by atoms with van der Waals surface area (Å²) in [4.78, 5) is 36.3. The van der Waals surface area contributed by atoms with Gasteiger partial charge in [0.2, 0.25) is 5.95 Å². The van der Waals surface area contributed by atoms with E-state index in [4.69, 9.17) is 21.6 Å². The average molecular weight is 539 g/mol. The quantitative estimate of drug-likeness (QED) is 0.499. The number of thiazole rings is 1. The zero-order valence-corrected chi connectivity index (χ0v) is 22.3. The van der Waals surface area contributed by atoms with Gasteiger partial charge in [0.1, 0.15) is 11.6 Å². The van der Waals surface area contributed by atoms with E-state index in [2.05, 4.69) is 31.1 Å². The Morgan fingerprint density at radius 1 is 0.811 bits per heavy atom. The number of nitrogens with one attached hydrogen (secondary N) is 1. The molecule has 6 rings (SSSR count). The second-order valence-corrected chi connectivity index (χ2v) is 11.0. The highest BCUT2D eigenvalue weighted by Gasteiger charge is 2.26. The van der Waals surface area contributed by atoms with Gasteiger partial charge in [-0.3, -0.25) is 5.32 Å². The predicted octanol–water partition coefficient (Wildman–Crippen LogP) is 4.81. The molecule has 37 heavy (non-hydrogen) atoms. The van der Waals surface area contributed by atoms with Gasteiger partial charge in [-0.1, -0.05) is 29.8 Å². The Morgan fingerprint density at radius 2 is 1.43 bits per heavy atom. The average Bonchev–Trinajstić information content (AvgIpc) is 3.72. The molecule has 1 N–H and O–H groups in total. The molecule has 0 atom stereocenters. The Labute approximate surface area is 226 Å². The molecule has 9 nitrogen and oxygen atoms in total. The summed E-state index contributed by atoms with van der Waals surface area (Å²) in [6.07, 6.45) is 4.81. The van der Waals surface area contributed by atoms with Crippen molar-refractivity contribution in [3.63, 3.8) is 0 Å². The number of carbonyl (C=O) groups excluding carboxylic acids is 1. The van der Waals surface area contributed by atoms with Crippen LogP contribution in [0.4, 0.5) is 27.5 Å². The smallest absolute Gasteiger partial charge is 0.323 e. The van der Waals surface area contributed by atoms with E-state index < -0.39 is 0 Å². The summed E-state index contributed by atoms with van der Waals surface area (Å²) in [5.74, 6) is 2.83. The van der Waals surface area contributed by atoms with Crippen LogP contribution in [0.1, 0.15) is 25.7 Å². The zero-order valence-electron chi connectivity index (χ0n) is 20.8. The summed E-state index contributed by atoms with van der Waals surface area (Å²) in [7, 11) is 0. The molecule has 0 aliphatic carbocycles. The topological polar surface area (TPSA) is 80.7 Å². The Kier molecular flexibility index (Phi) is 7.01. The van der Waals surface area contributed by atoms with Gasteiger partial charge >= 0.3 is 6.03 Å². The largest absolute Gasteiger partial charge is 0.356 e. The number of halogens is 1. The first kappa shape index (κ1) is 24.2. The highest BCUT2D eigenvalue weighted by atomic mass is 35.5. The number of benzene rings is 1. The lowest BCUT2D eigenvalue weighted by molar-refractivity contribution is 0.208. The Balaban J connectivity index is 1.11. The van der Waals surface area contributed by atoms with Crippen molar-refractivity contribution in [3.8, 4) is 11.3 Å². The maximum absolute atomic E-state index is 13.0. The van der Waals surface area contributed by atoms with E-state index in [9.17, 15) is 4.79 Å². The van der Waals surface area contributed by atoms with Crippen molar-refractivity contribution in [2.24, 2.45) is 0 Å². The minimum absolute atomic E-state index is 0.127. The summed E-state index contributed by atoms with van der Waals surface area (Å²) in [5.41, 5.74) is 1.63.